The molecule has 1 saturated carbocycles. The number of aliphatic hydroxyl groups is 1. The monoisotopic (exact) mass is 836 g/mol. The molecule has 61 heavy (non-hydrogen) atoms. The molecule has 0 radical (unpaired) electrons. The van der Waals surface area contributed by atoms with Gasteiger partial charge in [-0.05, 0) is 90.5 Å². The normalized spacial score (nSPS) is 22.9. The Morgan fingerprint density at radius 3 is 2.51 bits per heavy atom. The van der Waals surface area contributed by atoms with Crippen LogP contribution in [0.4, 0.5) is 4.79 Å². The number of alkyl carbamates (subject to hydrolysis) is 1. The predicted molar refractivity (Wildman–Crippen MR) is 232 cm³/mol. The third-order valence-electron chi connectivity index (χ3n) is 13.1. The van der Waals surface area contributed by atoms with Crippen LogP contribution in [0.3, 0.4) is 0 Å². The van der Waals surface area contributed by atoms with Crippen molar-refractivity contribution in [1.82, 2.24) is 35.7 Å². The number of nitrogens with one attached hydrogen (secondary N) is 4. The lowest BCUT2D eigenvalue weighted by Gasteiger charge is -2.39. The fourth-order valence-corrected chi connectivity index (χ4v) is 9.95. The van der Waals surface area contributed by atoms with Crippen LogP contribution >= 0.6 is 0 Å². The van der Waals surface area contributed by atoms with E-state index in [0.717, 1.165) is 75.8 Å². The Kier molecular flexibility index (Phi) is 12.9. The molecule has 1 aromatic heterocycles. The largest absolute Gasteiger partial charge is 0.453 e. The fraction of sp³-hybridized carbons (Fsp3) is 0.543. The molecule has 15 nitrogen and oxygen atoms in total. The first kappa shape index (κ1) is 42.6. The summed E-state index contributed by atoms with van der Waals surface area (Å²) < 4.78 is 15.5. The van der Waals surface area contributed by atoms with E-state index >= 15 is 0 Å². The number of amidine groups is 1. The zero-order chi connectivity index (χ0) is 42.8. The Balaban J connectivity index is 0.962. The number of H-pyrrole nitrogens is 1. The molecule has 1 aliphatic carbocycles. The van der Waals surface area contributed by atoms with Gasteiger partial charge in [-0.2, -0.15) is 0 Å². The molecule has 8 rings (SSSR count). The third kappa shape index (κ3) is 8.83. The van der Waals surface area contributed by atoms with Crippen LogP contribution in [-0.2, 0) is 23.8 Å². The number of aliphatic hydroxyl groups excluding tert-OH is 1. The number of rotatable bonds is 15. The molecular formula is C46H60N8O7. The van der Waals surface area contributed by atoms with E-state index in [4.69, 9.17) is 24.2 Å². The number of nitrogens with zero attached hydrogens (tertiary/aromatic N) is 4. The summed E-state index contributed by atoms with van der Waals surface area (Å²) in [7, 11) is 2.72. The number of piperidine rings is 1. The van der Waals surface area contributed by atoms with Gasteiger partial charge in [0.15, 0.2) is 0 Å². The van der Waals surface area contributed by atoms with Crippen LogP contribution in [0.5, 0.6) is 0 Å². The Hall–Kier alpha value is -5.09. The highest BCUT2D eigenvalue weighted by Crippen LogP contribution is 2.50. The quantitative estimate of drug-likeness (QED) is 0.0973. The molecule has 7 unspecified atom stereocenters. The lowest BCUT2D eigenvalue weighted by Crippen LogP contribution is -2.55. The predicted octanol–water partition coefficient (Wildman–Crippen LogP) is 5.40. The molecule has 0 spiro atoms. The number of aromatic nitrogens is 2. The van der Waals surface area contributed by atoms with Gasteiger partial charge in [0.2, 0.25) is 18.2 Å². The minimum Gasteiger partial charge on any atom is -0.453 e. The maximum Gasteiger partial charge on any atom is 0.407 e. The Bertz CT molecular complexity index is 2240. The summed E-state index contributed by atoms with van der Waals surface area (Å²) in [4.78, 5) is 57.9. The highest BCUT2D eigenvalue weighted by atomic mass is 16.6. The molecule has 4 aromatic rings. The smallest absolute Gasteiger partial charge is 0.407 e. The van der Waals surface area contributed by atoms with Crippen molar-refractivity contribution in [3.8, 4) is 11.1 Å². The molecule has 326 valence electrons. The SMILES string of the molecule is CCCN(CC1=NCC(c2ccc(-c3ccc4c(ccc5[nH]c(C6C7CCC(C7)N6C(=O)C(NC(=O)OC)C6CCOCC6)nc54)c3)cc2)N1)C(=O)C(NC(O)OC)C(C)C. The van der Waals surface area contributed by atoms with Crippen LogP contribution in [0.1, 0.15) is 82.8 Å². The molecule has 2 saturated heterocycles. The zero-order valence-corrected chi connectivity index (χ0v) is 35.9. The van der Waals surface area contributed by atoms with Gasteiger partial charge in [-0.1, -0.05) is 63.2 Å². The van der Waals surface area contributed by atoms with E-state index < -0.39 is 24.6 Å². The van der Waals surface area contributed by atoms with Gasteiger partial charge in [-0.15, -0.1) is 0 Å². The van der Waals surface area contributed by atoms with Gasteiger partial charge >= 0.3 is 6.09 Å². The van der Waals surface area contributed by atoms with E-state index in [1.807, 2.05) is 25.7 Å². The van der Waals surface area contributed by atoms with Crippen LogP contribution in [-0.4, -0.2) is 120 Å². The fourth-order valence-electron chi connectivity index (χ4n) is 9.95. The van der Waals surface area contributed by atoms with E-state index in [-0.39, 0.29) is 41.8 Å². The molecule has 15 heteroatoms. The van der Waals surface area contributed by atoms with Gasteiger partial charge < -0.3 is 44.7 Å². The topological polar surface area (TPSA) is 183 Å². The highest BCUT2D eigenvalue weighted by Gasteiger charge is 2.52. The zero-order valence-electron chi connectivity index (χ0n) is 35.9. The first-order valence-corrected chi connectivity index (χ1v) is 21.9. The number of benzene rings is 3. The van der Waals surface area contributed by atoms with Crippen molar-refractivity contribution in [1.29, 1.82) is 0 Å². The number of likely N-dealkylation sites (tertiary alicyclic amines) is 1. The van der Waals surface area contributed by atoms with Gasteiger partial charge in [0, 0.05) is 38.3 Å². The van der Waals surface area contributed by atoms with E-state index in [9.17, 15) is 19.5 Å². The van der Waals surface area contributed by atoms with Gasteiger partial charge in [0.05, 0.1) is 49.4 Å². The number of aromatic amines is 1. The molecule has 2 bridgehead atoms. The minimum atomic E-state index is -1.23. The van der Waals surface area contributed by atoms with Gasteiger partial charge in [0.25, 0.3) is 0 Å². The number of carbonyl (C=O) groups is 3. The van der Waals surface area contributed by atoms with Crippen molar-refractivity contribution in [2.45, 2.75) is 95.9 Å². The van der Waals surface area contributed by atoms with Crippen molar-refractivity contribution < 1.29 is 33.7 Å². The summed E-state index contributed by atoms with van der Waals surface area (Å²) in [5, 5.41) is 21.5. The number of hydrogen-bond acceptors (Lipinski definition) is 11. The van der Waals surface area contributed by atoms with E-state index in [2.05, 4.69) is 75.5 Å². The Labute approximate surface area is 357 Å². The van der Waals surface area contributed by atoms with Crippen LogP contribution in [0, 0.1) is 17.8 Å². The molecule has 5 N–H and O–H groups in total. The minimum absolute atomic E-state index is 0.00568. The second kappa shape index (κ2) is 18.5. The standard InChI is InChI=1S/C46H60N8O7/c1-6-19-53(43(55)38(26(2)3)51-45(57)59-4)25-37-47-24-36(48-37)28-9-7-27(8-10-28)30-12-15-34-31(22-30)13-16-35-40(34)50-42(49-35)41-32-11-14-33(23-32)54(41)44(56)39(52-46(58)60-5)29-17-20-61-21-18-29/h7-10,12-13,15-16,22,26,29,32-33,36,38-39,41,45,51,57H,6,11,14,17-21,23-25H2,1-5H3,(H,47,48)(H,49,50)(H,52,58). The lowest BCUT2D eigenvalue weighted by molar-refractivity contribution is -0.143. The molecule has 7 atom stereocenters. The van der Waals surface area contributed by atoms with Crippen LogP contribution < -0.4 is 16.0 Å². The van der Waals surface area contributed by atoms with Crippen LogP contribution in [0.25, 0.3) is 32.9 Å². The molecule has 3 amide bonds. The summed E-state index contributed by atoms with van der Waals surface area (Å²) in [6.45, 7) is 8.56. The van der Waals surface area contributed by atoms with Crippen molar-refractivity contribution in [3.05, 3.63) is 66.0 Å². The number of carbonyl (C=O) groups excluding carboxylic acids is 3. The van der Waals surface area contributed by atoms with Crippen molar-refractivity contribution in [3.63, 3.8) is 0 Å². The first-order valence-electron chi connectivity index (χ1n) is 21.9. The van der Waals surface area contributed by atoms with Gasteiger partial charge in [-0.25, -0.2) is 9.78 Å². The summed E-state index contributed by atoms with van der Waals surface area (Å²) in [5.74, 6) is 1.62. The number of aliphatic imine (C=N–C) groups is 1. The molecule has 3 fully saturated rings. The number of imidazole rings is 1. The first-order chi connectivity index (χ1) is 29.6. The van der Waals surface area contributed by atoms with Gasteiger partial charge in [-0.3, -0.25) is 19.9 Å². The van der Waals surface area contributed by atoms with Crippen molar-refractivity contribution in [2.75, 3.05) is 47.1 Å². The average molecular weight is 837 g/mol. The molecular weight excluding hydrogens is 777 g/mol. The van der Waals surface area contributed by atoms with E-state index in [0.29, 0.717) is 51.6 Å². The average Bonchev–Trinajstić information content (AvgIpc) is 4.11. The van der Waals surface area contributed by atoms with E-state index in [1.165, 1.54) is 14.2 Å². The summed E-state index contributed by atoms with van der Waals surface area (Å²) >= 11 is 0. The van der Waals surface area contributed by atoms with Gasteiger partial charge in [0.1, 0.15) is 17.7 Å². The number of hydrogen-bond donors (Lipinski definition) is 5. The second-order valence-corrected chi connectivity index (χ2v) is 17.3. The lowest BCUT2D eigenvalue weighted by atomic mass is 9.89. The third-order valence-corrected chi connectivity index (χ3v) is 13.1. The Morgan fingerprint density at radius 2 is 1.79 bits per heavy atom. The van der Waals surface area contributed by atoms with Crippen LogP contribution in [0.2, 0.25) is 0 Å². The summed E-state index contributed by atoms with van der Waals surface area (Å²) in [6.07, 6.45) is 3.29. The molecule has 3 aliphatic heterocycles. The van der Waals surface area contributed by atoms with E-state index in [1.54, 1.807) is 4.90 Å². The maximum atomic E-state index is 14.5. The maximum absolute atomic E-state index is 14.5. The highest BCUT2D eigenvalue weighted by molar-refractivity contribution is 6.05. The number of methoxy groups -OCH3 is 2. The summed E-state index contributed by atoms with van der Waals surface area (Å²) in [6, 6.07) is 17.8. The summed E-state index contributed by atoms with van der Waals surface area (Å²) in [5.41, 5.74) is 5.10. The van der Waals surface area contributed by atoms with Crippen molar-refractivity contribution in [2.24, 2.45) is 22.7 Å². The van der Waals surface area contributed by atoms with Crippen LogP contribution in [0.15, 0.2) is 59.6 Å². The number of ether oxygens (including phenoxy) is 3. The molecule has 4 heterocycles. The number of amides is 3. The number of fused-ring (bicyclic) bond motifs is 5. The molecule has 3 aromatic carbocycles. The molecule has 4 aliphatic rings. The Morgan fingerprint density at radius 1 is 1.02 bits per heavy atom. The second-order valence-electron chi connectivity index (χ2n) is 17.3. The van der Waals surface area contributed by atoms with Crippen molar-refractivity contribution >= 4 is 45.5 Å².